The fourth-order valence-corrected chi connectivity index (χ4v) is 4.04. The van der Waals surface area contributed by atoms with Gasteiger partial charge in [-0.1, -0.05) is 35.4 Å². The Balaban J connectivity index is 1.80. The predicted octanol–water partition coefficient (Wildman–Crippen LogP) is 5.26. The van der Waals surface area contributed by atoms with Gasteiger partial charge in [-0.05, 0) is 31.0 Å². The normalized spacial score (nSPS) is 10.7. The van der Waals surface area contributed by atoms with Crippen molar-refractivity contribution in [3.05, 3.63) is 79.3 Å². The van der Waals surface area contributed by atoms with Crippen molar-refractivity contribution in [2.75, 3.05) is 7.05 Å². The molecular weight excluding hydrogens is 398 g/mol. The molecular formula is C20H18ClN3O3S. The van der Waals surface area contributed by atoms with Crippen LogP contribution in [0, 0.1) is 24.0 Å². The summed E-state index contributed by atoms with van der Waals surface area (Å²) in [6.07, 6.45) is 1.56. The van der Waals surface area contributed by atoms with Gasteiger partial charge in [0, 0.05) is 36.3 Å². The number of non-ortho nitro benzene ring substituents is 1. The molecule has 0 aliphatic heterocycles. The van der Waals surface area contributed by atoms with E-state index < -0.39 is 4.92 Å². The van der Waals surface area contributed by atoms with Crippen molar-refractivity contribution in [3.63, 3.8) is 0 Å². The molecule has 0 aliphatic rings. The number of aryl methyl sites for hydroxylation is 2. The maximum Gasteiger partial charge on any atom is 0.269 e. The number of nitrogens with zero attached hydrogens (tertiary/aromatic N) is 3. The summed E-state index contributed by atoms with van der Waals surface area (Å²) in [6.45, 7) is 4.21. The number of rotatable bonds is 5. The monoisotopic (exact) mass is 415 g/mol. The first-order valence-electron chi connectivity index (χ1n) is 8.48. The van der Waals surface area contributed by atoms with Gasteiger partial charge >= 0.3 is 0 Å². The van der Waals surface area contributed by atoms with Gasteiger partial charge in [0.1, 0.15) is 9.88 Å². The Morgan fingerprint density at radius 2 is 2.00 bits per heavy atom. The van der Waals surface area contributed by atoms with Crippen LogP contribution in [0.2, 0.25) is 5.02 Å². The smallest absolute Gasteiger partial charge is 0.269 e. The SMILES string of the molecule is Cc1ccc(-c2ncc(C(=O)N(C)Cc3cc([N+](=O)[O-])ccc3Cl)s2)c(C)c1. The Hall–Kier alpha value is -2.77. The zero-order chi connectivity index (χ0) is 20.4. The van der Waals surface area contributed by atoms with Crippen LogP contribution in [-0.2, 0) is 6.54 Å². The second-order valence-electron chi connectivity index (χ2n) is 6.54. The molecule has 3 aromatic rings. The molecule has 1 heterocycles. The Bertz CT molecular complexity index is 1060. The molecule has 0 unspecified atom stereocenters. The van der Waals surface area contributed by atoms with Gasteiger partial charge in [-0.2, -0.15) is 0 Å². The van der Waals surface area contributed by atoms with Crippen molar-refractivity contribution < 1.29 is 9.72 Å². The number of carbonyl (C=O) groups excluding carboxylic acids is 1. The van der Waals surface area contributed by atoms with E-state index in [2.05, 4.69) is 11.1 Å². The van der Waals surface area contributed by atoms with E-state index in [1.165, 1.54) is 40.0 Å². The molecule has 144 valence electrons. The standard InChI is InChI=1S/C20H18ClN3O3S/c1-12-4-6-16(13(2)8-12)19-22-10-18(28-19)20(25)23(3)11-14-9-15(24(26)27)5-7-17(14)21/h4-10H,11H2,1-3H3. The van der Waals surface area contributed by atoms with E-state index in [1.807, 2.05) is 26.0 Å². The number of halogens is 1. The molecule has 1 aromatic heterocycles. The number of benzene rings is 2. The summed E-state index contributed by atoms with van der Waals surface area (Å²) < 4.78 is 0. The zero-order valence-electron chi connectivity index (χ0n) is 15.6. The van der Waals surface area contributed by atoms with Crippen molar-refractivity contribution in [1.29, 1.82) is 0 Å². The third-order valence-electron chi connectivity index (χ3n) is 4.32. The maximum atomic E-state index is 12.8. The van der Waals surface area contributed by atoms with E-state index in [0.717, 1.165) is 16.1 Å². The largest absolute Gasteiger partial charge is 0.337 e. The number of hydrogen-bond donors (Lipinski definition) is 0. The molecule has 8 heteroatoms. The molecule has 3 rings (SSSR count). The lowest BCUT2D eigenvalue weighted by Gasteiger charge is -2.16. The number of aromatic nitrogens is 1. The third kappa shape index (κ3) is 4.21. The molecule has 0 spiro atoms. The van der Waals surface area contributed by atoms with Crippen molar-refractivity contribution in [3.8, 4) is 10.6 Å². The lowest BCUT2D eigenvalue weighted by Crippen LogP contribution is -2.25. The van der Waals surface area contributed by atoms with E-state index in [-0.39, 0.29) is 18.1 Å². The third-order valence-corrected chi connectivity index (χ3v) is 5.71. The van der Waals surface area contributed by atoms with Gasteiger partial charge in [0.15, 0.2) is 0 Å². The molecule has 0 aliphatic carbocycles. The van der Waals surface area contributed by atoms with E-state index in [4.69, 9.17) is 11.6 Å². The first kappa shape index (κ1) is 20.0. The lowest BCUT2D eigenvalue weighted by molar-refractivity contribution is -0.384. The molecule has 0 saturated carbocycles. The van der Waals surface area contributed by atoms with Crippen LogP contribution in [0.4, 0.5) is 5.69 Å². The zero-order valence-corrected chi connectivity index (χ0v) is 17.2. The minimum Gasteiger partial charge on any atom is -0.337 e. The first-order valence-corrected chi connectivity index (χ1v) is 9.67. The number of amides is 1. The molecule has 0 bridgehead atoms. The molecule has 28 heavy (non-hydrogen) atoms. The summed E-state index contributed by atoms with van der Waals surface area (Å²) in [5, 5.41) is 12.1. The number of carbonyl (C=O) groups is 1. The van der Waals surface area contributed by atoms with Crippen LogP contribution in [0.3, 0.4) is 0 Å². The van der Waals surface area contributed by atoms with Crippen molar-refractivity contribution in [2.24, 2.45) is 0 Å². The maximum absolute atomic E-state index is 12.8. The highest BCUT2D eigenvalue weighted by Crippen LogP contribution is 2.30. The summed E-state index contributed by atoms with van der Waals surface area (Å²) in [5.74, 6) is -0.212. The minimum atomic E-state index is -0.485. The van der Waals surface area contributed by atoms with Crippen molar-refractivity contribution in [2.45, 2.75) is 20.4 Å². The lowest BCUT2D eigenvalue weighted by atomic mass is 10.1. The molecule has 1 amide bonds. The summed E-state index contributed by atoms with van der Waals surface area (Å²) in [7, 11) is 1.63. The topological polar surface area (TPSA) is 76.3 Å². The second-order valence-corrected chi connectivity index (χ2v) is 7.98. The average molecular weight is 416 g/mol. The molecule has 2 aromatic carbocycles. The van der Waals surface area contributed by atoms with E-state index in [0.29, 0.717) is 15.5 Å². The molecule has 6 nitrogen and oxygen atoms in total. The van der Waals surface area contributed by atoms with Gasteiger partial charge in [0.05, 0.1) is 11.1 Å². The van der Waals surface area contributed by atoms with Gasteiger partial charge in [-0.3, -0.25) is 14.9 Å². The fourth-order valence-electron chi connectivity index (χ4n) is 2.86. The van der Waals surface area contributed by atoms with Gasteiger partial charge in [-0.15, -0.1) is 11.3 Å². The van der Waals surface area contributed by atoms with Crippen molar-refractivity contribution >= 4 is 34.5 Å². The van der Waals surface area contributed by atoms with Crippen LogP contribution in [0.5, 0.6) is 0 Å². The van der Waals surface area contributed by atoms with Crippen LogP contribution in [-0.4, -0.2) is 27.8 Å². The predicted molar refractivity (Wildman–Crippen MR) is 111 cm³/mol. The summed E-state index contributed by atoms with van der Waals surface area (Å²) in [5.41, 5.74) is 3.73. The highest BCUT2D eigenvalue weighted by Gasteiger charge is 2.19. The molecule has 0 radical (unpaired) electrons. The molecule has 0 fully saturated rings. The van der Waals surface area contributed by atoms with Gasteiger partial charge in [0.25, 0.3) is 11.6 Å². The van der Waals surface area contributed by atoms with E-state index in [9.17, 15) is 14.9 Å². The van der Waals surface area contributed by atoms with Crippen LogP contribution < -0.4 is 0 Å². The number of nitro groups is 1. The fraction of sp³-hybridized carbons (Fsp3) is 0.200. The summed E-state index contributed by atoms with van der Waals surface area (Å²) >= 11 is 7.46. The van der Waals surface area contributed by atoms with Gasteiger partial charge in [0.2, 0.25) is 0 Å². The Morgan fingerprint density at radius 1 is 1.25 bits per heavy atom. The average Bonchev–Trinajstić information content (AvgIpc) is 3.12. The second kappa shape index (κ2) is 8.08. The Morgan fingerprint density at radius 3 is 2.68 bits per heavy atom. The van der Waals surface area contributed by atoms with E-state index >= 15 is 0 Å². The van der Waals surface area contributed by atoms with Crippen molar-refractivity contribution in [1.82, 2.24) is 9.88 Å². The summed E-state index contributed by atoms with van der Waals surface area (Å²) in [6, 6.07) is 10.3. The van der Waals surface area contributed by atoms with E-state index in [1.54, 1.807) is 13.2 Å². The number of hydrogen-bond acceptors (Lipinski definition) is 5. The minimum absolute atomic E-state index is 0.0600. The van der Waals surface area contributed by atoms with Gasteiger partial charge in [-0.25, -0.2) is 4.98 Å². The van der Waals surface area contributed by atoms with Crippen LogP contribution in [0.1, 0.15) is 26.4 Å². The molecule has 0 saturated heterocycles. The Labute approximate surface area is 171 Å². The van der Waals surface area contributed by atoms with Crippen LogP contribution in [0.15, 0.2) is 42.6 Å². The molecule has 0 atom stereocenters. The Kier molecular flexibility index (Phi) is 5.76. The highest BCUT2D eigenvalue weighted by molar-refractivity contribution is 7.16. The first-order chi connectivity index (χ1) is 13.3. The van der Waals surface area contributed by atoms with Crippen LogP contribution >= 0.6 is 22.9 Å². The number of thiazole rings is 1. The highest BCUT2D eigenvalue weighted by atomic mass is 35.5. The van der Waals surface area contributed by atoms with Gasteiger partial charge < -0.3 is 4.90 Å². The summed E-state index contributed by atoms with van der Waals surface area (Å²) in [4.78, 5) is 29.6. The number of nitro benzene ring substituents is 1. The molecule has 0 N–H and O–H groups in total. The van der Waals surface area contributed by atoms with Crippen LogP contribution in [0.25, 0.3) is 10.6 Å². The quantitative estimate of drug-likeness (QED) is 0.420.